The summed E-state index contributed by atoms with van der Waals surface area (Å²) in [7, 11) is -1.43. The molecule has 0 spiro atoms. The lowest BCUT2D eigenvalue weighted by atomic mass is 10.1. The van der Waals surface area contributed by atoms with Crippen LogP contribution in [-0.4, -0.2) is 32.5 Å². The summed E-state index contributed by atoms with van der Waals surface area (Å²) in [4.78, 5) is 12.2. The van der Waals surface area contributed by atoms with Gasteiger partial charge in [-0.1, -0.05) is 37.7 Å². The summed E-state index contributed by atoms with van der Waals surface area (Å²) in [6, 6.07) is 7.58. The Bertz CT molecular complexity index is 511. The molecule has 0 aromatic heterocycles. The van der Waals surface area contributed by atoms with Gasteiger partial charge in [-0.05, 0) is 30.6 Å². The van der Waals surface area contributed by atoms with Crippen molar-refractivity contribution in [3.05, 3.63) is 35.4 Å². The van der Waals surface area contributed by atoms with Gasteiger partial charge in [0.15, 0.2) is 0 Å². The number of carbonyl (C=O) groups excluding carboxylic acids is 1. The van der Waals surface area contributed by atoms with Crippen LogP contribution in [-0.2, 0) is 0 Å². The molecule has 0 heterocycles. The fourth-order valence-corrected chi connectivity index (χ4v) is 2.50. The van der Waals surface area contributed by atoms with Gasteiger partial charge in [0.25, 0.3) is 5.91 Å². The SMILES string of the molecule is CSCCCNC(=O)c1ccccc1C#C[Si](C)(C)C. The van der Waals surface area contributed by atoms with E-state index in [1.807, 2.05) is 24.3 Å². The van der Waals surface area contributed by atoms with Crippen LogP contribution in [0.25, 0.3) is 0 Å². The van der Waals surface area contributed by atoms with Crippen molar-refractivity contribution in [3.8, 4) is 11.5 Å². The zero-order chi connectivity index (χ0) is 15.0. The highest BCUT2D eigenvalue weighted by Crippen LogP contribution is 2.08. The molecule has 0 saturated heterocycles. The fraction of sp³-hybridized carbons (Fsp3) is 0.438. The maximum Gasteiger partial charge on any atom is 0.252 e. The average molecular weight is 306 g/mol. The van der Waals surface area contributed by atoms with Gasteiger partial charge in [0.05, 0.1) is 5.56 Å². The van der Waals surface area contributed by atoms with Gasteiger partial charge >= 0.3 is 0 Å². The molecule has 1 amide bonds. The molecule has 0 aliphatic heterocycles. The molecule has 1 rings (SSSR count). The first-order valence-electron chi connectivity index (χ1n) is 6.83. The average Bonchev–Trinajstić information content (AvgIpc) is 2.40. The highest BCUT2D eigenvalue weighted by atomic mass is 32.2. The second-order valence-electron chi connectivity index (χ2n) is 5.65. The number of hydrogen-bond acceptors (Lipinski definition) is 2. The zero-order valence-electron chi connectivity index (χ0n) is 12.7. The number of rotatable bonds is 5. The van der Waals surface area contributed by atoms with Crippen molar-refractivity contribution in [3.63, 3.8) is 0 Å². The summed E-state index contributed by atoms with van der Waals surface area (Å²) in [5.41, 5.74) is 4.83. The Morgan fingerprint density at radius 1 is 1.30 bits per heavy atom. The summed E-state index contributed by atoms with van der Waals surface area (Å²) in [6.45, 7) is 7.32. The van der Waals surface area contributed by atoms with Gasteiger partial charge in [-0.2, -0.15) is 11.8 Å². The van der Waals surface area contributed by atoms with Crippen LogP contribution in [0.4, 0.5) is 0 Å². The quantitative estimate of drug-likeness (QED) is 0.513. The summed E-state index contributed by atoms with van der Waals surface area (Å²) < 4.78 is 0. The number of hydrogen-bond donors (Lipinski definition) is 1. The Labute approximate surface area is 127 Å². The van der Waals surface area contributed by atoms with Crippen molar-refractivity contribution >= 4 is 25.7 Å². The smallest absolute Gasteiger partial charge is 0.252 e. The third kappa shape index (κ3) is 6.31. The number of carbonyl (C=O) groups is 1. The highest BCUT2D eigenvalue weighted by Gasteiger charge is 2.11. The summed E-state index contributed by atoms with van der Waals surface area (Å²) >= 11 is 1.79. The Morgan fingerprint density at radius 3 is 2.65 bits per heavy atom. The van der Waals surface area contributed by atoms with Crippen LogP contribution in [0.15, 0.2) is 24.3 Å². The van der Waals surface area contributed by atoms with Crippen LogP contribution in [0.2, 0.25) is 19.6 Å². The lowest BCUT2D eigenvalue weighted by Gasteiger charge is -2.07. The van der Waals surface area contributed by atoms with Crippen LogP contribution < -0.4 is 5.32 Å². The minimum absolute atomic E-state index is 0.0217. The minimum Gasteiger partial charge on any atom is -0.352 e. The predicted octanol–water partition coefficient (Wildman–Crippen LogP) is 3.40. The van der Waals surface area contributed by atoms with Crippen LogP contribution in [0.1, 0.15) is 22.3 Å². The van der Waals surface area contributed by atoms with E-state index in [0.717, 1.165) is 24.3 Å². The molecule has 1 N–H and O–H groups in total. The van der Waals surface area contributed by atoms with E-state index in [4.69, 9.17) is 0 Å². The number of nitrogens with one attached hydrogen (secondary N) is 1. The molecule has 4 heteroatoms. The first-order valence-corrected chi connectivity index (χ1v) is 11.7. The van der Waals surface area contributed by atoms with Gasteiger partial charge in [0, 0.05) is 12.1 Å². The summed E-state index contributed by atoms with van der Waals surface area (Å²) in [6.07, 6.45) is 3.07. The van der Waals surface area contributed by atoms with Crippen molar-refractivity contribution in [2.24, 2.45) is 0 Å². The zero-order valence-corrected chi connectivity index (χ0v) is 14.6. The third-order valence-electron chi connectivity index (χ3n) is 2.55. The topological polar surface area (TPSA) is 29.1 Å². The monoisotopic (exact) mass is 305 g/mol. The van der Waals surface area contributed by atoms with E-state index in [-0.39, 0.29) is 5.91 Å². The van der Waals surface area contributed by atoms with Crippen molar-refractivity contribution in [2.75, 3.05) is 18.6 Å². The molecule has 0 aliphatic carbocycles. The van der Waals surface area contributed by atoms with E-state index < -0.39 is 8.07 Å². The molecule has 2 nitrogen and oxygen atoms in total. The van der Waals surface area contributed by atoms with E-state index in [1.54, 1.807) is 11.8 Å². The molecule has 0 saturated carbocycles. The lowest BCUT2D eigenvalue weighted by molar-refractivity contribution is 0.0953. The summed E-state index contributed by atoms with van der Waals surface area (Å²) in [5.74, 6) is 4.23. The number of benzene rings is 1. The second kappa shape index (κ2) is 8.18. The Balaban J connectivity index is 2.79. The highest BCUT2D eigenvalue weighted by molar-refractivity contribution is 7.98. The molecule has 0 atom stereocenters. The standard InChI is InChI=1S/C16H23NOSSi/c1-19-12-7-11-17-16(18)15-9-6-5-8-14(15)10-13-20(2,3)4/h5-6,8-9H,7,11-12H2,1-4H3,(H,17,18). The third-order valence-corrected chi connectivity index (χ3v) is 4.13. The molecule has 1 aromatic carbocycles. The van der Waals surface area contributed by atoms with Crippen LogP contribution in [0, 0.1) is 11.5 Å². The minimum atomic E-state index is -1.43. The van der Waals surface area contributed by atoms with Crippen molar-refractivity contribution in [2.45, 2.75) is 26.1 Å². The maximum absolute atomic E-state index is 12.2. The van der Waals surface area contributed by atoms with Crippen LogP contribution in [0.3, 0.4) is 0 Å². The first-order chi connectivity index (χ1) is 9.44. The molecule has 0 aliphatic rings. The molecular weight excluding hydrogens is 282 g/mol. The van der Waals surface area contributed by atoms with Crippen molar-refractivity contribution in [1.29, 1.82) is 0 Å². The predicted molar refractivity (Wildman–Crippen MR) is 92.0 cm³/mol. The lowest BCUT2D eigenvalue weighted by Crippen LogP contribution is -2.25. The van der Waals surface area contributed by atoms with E-state index in [0.29, 0.717) is 5.56 Å². The molecular formula is C16H23NOSSi. The van der Waals surface area contributed by atoms with Gasteiger partial charge in [-0.3, -0.25) is 4.79 Å². The Morgan fingerprint density at radius 2 is 2.00 bits per heavy atom. The number of thioether (sulfide) groups is 1. The van der Waals surface area contributed by atoms with Gasteiger partial charge < -0.3 is 5.32 Å². The Kier molecular flexibility index (Phi) is 6.90. The van der Waals surface area contributed by atoms with E-state index in [9.17, 15) is 4.79 Å². The van der Waals surface area contributed by atoms with E-state index in [1.165, 1.54) is 0 Å². The molecule has 20 heavy (non-hydrogen) atoms. The normalized spacial score (nSPS) is 10.6. The van der Waals surface area contributed by atoms with Crippen LogP contribution >= 0.6 is 11.8 Å². The Hall–Kier alpha value is -1.18. The molecule has 0 fully saturated rings. The fourth-order valence-electron chi connectivity index (χ4n) is 1.56. The van der Waals surface area contributed by atoms with Crippen molar-refractivity contribution in [1.82, 2.24) is 5.32 Å². The molecule has 108 valence electrons. The van der Waals surface area contributed by atoms with Crippen molar-refractivity contribution < 1.29 is 4.79 Å². The molecule has 0 bridgehead atoms. The summed E-state index contributed by atoms with van der Waals surface area (Å²) in [5, 5.41) is 2.96. The van der Waals surface area contributed by atoms with Gasteiger partial charge in [-0.25, -0.2) is 0 Å². The largest absolute Gasteiger partial charge is 0.352 e. The first kappa shape index (κ1) is 16.9. The van der Waals surface area contributed by atoms with Crippen LogP contribution in [0.5, 0.6) is 0 Å². The van der Waals surface area contributed by atoms with E-state index in [2.05, 4.69) is 42.7 Å². The molecule has 0 radical (unpaired) electrons. The maximum atomic E-state index is 12.2. The molecule has 1 aromatic rings. The second-order valence-corrected chi connectivity index (χ2v) is 11.4. The van der Waals surface area contributed by atoms with Gasteiger partial charge in [0.2, 0.25) is 0 Å². The van der Waals surface area contributed by atoms with Gasteiger partial charge in [0.1, 0.15) is 8.07 Å². The number of amides is 1. The van der Waals surface area contributed by atoms with E-state index >= 15 is 0 Å². The van der Waals surface area contributed by atoms with Gasteiger partial charge in [-0.15, -0.1) is 5.54 Å². The molecule has 0 unspecified atom stereocenters.